The smallest absolute Gasteiger partial charge is 0.255 e. The molecule has 0 radical (unpaired) electrons. The third-order valence-corrected chi connectivity index (χ3v) is 3.49. The van der Waals surface area contributed by atoms with Gasteiger partial charge in [-0.2, -0.15) is 0 Å². The molecule has 6 heteroatoms. The highest BCUT2D eigenvalue weighted by Gasteiger charge is 2.18. The van der Waals surface area contributed by atoms with E-state index >= 15 is 0 Å². The Kier molecular flexibility index (Phi) is 5.14. The summed E-state index contributed by atoms with van der Waals surface area (Å²) in [5.41, 5.74) is 0.131. The van der Waals surface area contributed by atoms with Gasteiger partial charge in [-0.05, 0) is 31.0 Å². The van der Waals surface area contributed by atoms with E-state index in [1.807, 2.05) is 0 Å². The van der Waals surface area contributed by atoms with Gasteiger partial charge in [0.15, 0.2) is 0 Å². The van der Waals surface area contributed by atoms with Crippen LogP contribution in [0.4, 0.5) is 4.39 Å². The fourth-order valence-corrected chi connectivity index (χ4v) is 2.36. The summed E-state index contributed by atoms with van der Waals surface area (Å²) >= 11 is 0. The summed E-state index contributed by atoms with van der Waals surface area (Å²) < 4.78 is 18.2. The van der Waals surface area contributed by atoms with Crippen molar-refractivity contribution in [3.05, 3.63) is 29.6 Å². The molecule has 1 aromatic rings. The van der Waals surface area contributed by atoms with E-state index in [1.165, 1.54) is 19.2 Å². The molecule has 2 amide bonds. The Labute approximate surface area is 123 Å². The number of methoxy groups -OCH3 is 1. The molecule has 0 atom stereocenters. The SMILES string of the molecule is COc1ccc(F)cc1C(=O)NCCC(=O)N1CCCC1. The van der Waals surface area contributed by atoms with Gasteiger partial charge in [-0.25, -0.2) is 4.39 Å². The first-order chi connectivity index (χ1) is 10.1. The number of likely N-dealkylation sites (tertiary alicyclic amines) is 1. The second-order valence-corrected chi connectivity index (χ2v) is 4.94. The van der Waals surface area contributed by atoms with Crippen molar-refractivity contribution in [2.24, 2.45) is 0 Å². The maximum absolute atomic E-state index is 13.2. The molecular formula is C15H19FN2O3. The highest BCUT2D eigenvalue weighted by atomic mass is 19.1. The van der Waals surface area contributed by atoms with Crippen molar-refractivity contribution in [2.75, 3.05) is 26.7 Å². The monoisotopic (exact) mass is 294 g/mol. The van der Waals surface area contributed by atoms with E-state index in [4.69, 9.17) is 4.74 Å². The van der Waals surface area contributed by atoms with Gasteiger partial charge in [0.1, 0.15) is 11.6 Å². The zero-order valence-electron chi connectivity index (χ0n) is 12.0. The standard InChI is InChI=1S/C15H19FN2O3/c1-21-13-5-4-11(16)10-12(13)15(20)17-7-6-14(19)18-8-2-3-9-18/h4-5,10H,2-3,6-9H2,1H3,(H,17,20). The highest BCUT2D eigenvalue weighted by molar-refractivity contribution is 5.97. The van der Waals surface area contributed by atoms with Gasteiger partial charge in [0, 0.05) is 26.1 Å². The van der Waals surface area contributed by atoms with Gasteiger partial charge in [-0.15, -0.1) is 0 Å². The lowest BCUT2D eigenvalue weighted by Crippen LogP contribution is -2.32. The van der Waals surface area contributed by atoms with Crippen LogP contribution >= 0.6 is 0 Å². The van der Waals surface area contributed by atoms with Crippen molar-refractivity contribution in [1.29, 1.82) is 0 Å². The topological polar surface area (TPSA) is 58.6 Å². The second-order valence-electron chi connectivity index (χ2n) is 4.94. The zero-order valence-corrected chi connectivity index (χ0v) is 12.0. The lowest BCUT2D eigenvalue weighted by Gasteiger charge is -2.15. The van der Waals surface area contributed by atoms with E-state index in [2.05, 4.69) is 5.32 Å². The molecule has 0 aliphatic carbocycles. The van der Waals surface area contributed by atoms with Crippen LogP contribution in [0, 0.1) is 5.82 Å². The van der Waals surface area contributed by atoms with Gasteiger partial charge < -0.3 is 15.0 Å². The molecule has 1 aromatic carbocycles. The Hall–Kier alpha value is -2.11. The molecule has 1 saturated heterocycles. The summed E-state index contributed by atoms with van der Waals surface area (Å²) in [6, 6.07) is 3.75. The van der Waals surface area contributed by atoms with Crippen LogP contribution < -0.4 is 10.1 Å². The molecule has 0 saturated carbocycles. The number of amides is 2. The Morgan fingerprint density at radius 1 is 1.33 bits per heavy atom. The average molecular weight is 294 g/mol. The lowest BCUT2D eigenvalue weighted by atomic mass is 10.2. The van der Waals surface area contributed by atoms with Crippen LogP contribution in [-0.4, -0.2) is 43.5 Å². The first-order valence-electron chi connectivity index (χ1n) is 7.01. The van der Waals surface area contributed by atoms with Gasteiger partial charge in [0.2, 0.25) is 5.91 Å². The van der Waals surface area contributed by atoms with Gasteiger partial charge in [0.05, 0.1) is 12.7 Å². The molecule has 114 valence electrons. The Bertz CT molecular complexity index is 528. The predicted molar refractivity (Wildman–Crippen MR) is 75.7 cm³/mol. The largest absolute Gasteiger partial charge is 0.496 e. The number of carbonyl (C=O) groups is 2. The molecule has 0 aromatic heterocycles. The van der Waals surface area contributed by atoms with Crippen molar-refractivity contribution in [1.82, 2.24) is 10.2 Å². The molecule has 0 unspecified atom stereocenters. The van der Waals surface area contributed by atoms with Crippen molar-refractivity contribution in [3.8, 4) is 5.75 Å². The third kappa shape index (κ3) is 3.93. The van der Waals surface area contributed by atoms with Crippen molar-refractivity contribution in [3.63, 3.8) is 0 Å². The number of nitrogens with zero attached hydrogens (tertiary/aromatic N) is 1. The Morgan fingerprint density at radius 3 is 2.71 bits per heavy atom. The van der Waals surface area contributed by atoms with Crippen molar-refractivity contribution in [2.45, 2.75) is 19.3 Å². The van der Waals surface area contributed by atoms with Crippen LogP contribution in [0.3, 0.4) is 0 Å². The predicted octanol–water partition coefficient (Wildman–Crippen LogP) is 1.58. The van der Waals surface area contributed by atoms with Crippen molar-refractivity contribution < 1.29 is 18.7 Å². The quantitative estimate of drug-likeness (QED) is 0.897. The summed E-state index contributed by atoms with van der Waals surface area (Å²) in [4.78, 5) is 25.6. The van der Waals surface area contributed by atoms with Crippen LogP contribution in [0.2, 0.25) is 0 Å². The van der Waals surface area contributed by atoms with Crippen LogP contribution in [0.15, 0.2) is 18.2 Å². The molecule has 5 nitrogen and oxygen atoms in total. The van der Waals surface area contributed by atoms with Crippen LogP contribution in [0.25, 0.3) is 0 Å². The number of carbonyl (C=O) groups excluding carboxylic acids is 2. The number of ether oxygens (including phenoxy) is 1. The molecule has 0 spiro atoms. The van der Waals surface area contributed by atoms with Crippen molar-refractivity contribution >= 4 is 11.8 Å². The molecule has 1 N–H and O–H groups in total. The van der Waals surface area contributed by atoms with E-state index in [0.717, 1.165) is 32.0 Å². The first kappa shape index (κ1) is 15.3. The fourth-order valence-electron chi connectivity index (χ4n) is 2.36. The molecule has 0 bridgehead atoms. The van der Waals surface area contributed by atoms with E-state index in [1.54, 1.807) is 4.90 Å². The number of rotatable bonds is 5. The molecule has 1 aliphatic rings. The Morgan fingerprint density at radius 2 is 2.05 bits per heavy atom. The summed E-state index contributed by atoms with van der Waals surface area (Å²) in [6.45, 7) is 1.82. The van der Waals surface area contributed by atoms with E-state index in [9.17, 15) is 14.0 Å². The molecule has 21 heavy (non-hydrogen) atoms. The minimum atomic E-state index is -0.505. The zero-order chi connectivity index (χ0) is 15.2. The van der Waals surface area contributed by atoms with Gasteiger partial charge in [-0.3, -0.25) is 9.59 Å². The average Bonchev–Trinajstić information content (AvgIpc) is 3.01. The molecule has 1 heterocycles. The summed E-state index contributed by atoms with van der Waals surface area (Å²) in [7, 11) is 1.42. The van der Waals surface area contributed by atoms with Crippen LogP contribution in [0.1, 0.15) is 29.6 Å². The molecule has 1 fully saturated rings. The number of nitrogens with one attached hydrogen (secondary N) is 1. The minimum absolute atomic E-state index is 0.0407. The van der Waals surface area contributed by atoms with Crippen LogP contribution in [-0.2, 0) is 4.79 Å². The maximum Gasteiger partial charge on any atom is 0.255 e. The number of hydrogen-bond donors (Lipinski definition) is 1. The van der Waals surface area contributed by atoms with E-state index in [0.29, 0.717) is 5.75 Å². The molecular weight excluding hydrogens is 275 g/mol. The number of hydrogen-bond acceptors (Lipinski definition) is 3. The van der Waals surface area contributed by atoms with Gasteiger partial charge in [-0.1, -0.05) is 0 Å². The van der Waals surface area contributed by atoms with Gasteiger partial charge in [0.25, 0.3) is 5.91 Å². The number of halogens is 1. The minimum Gasteiger partial charge on any atom is -0.496 e. The Balaban J connectivity index is 1.87. The third-order valence-electron chi connectivity index (χ3n) is 3.49. The summed E-state index contributed by atoms with van der Waals surface area (Å²) in [5, 5.41) is 2.62. The lowest BCUT2D eigenvalue weighted by molar-refractivity contribution is -0.129. The first-order valence-corrected chi connectivity index (χ1v) is 7.01. The highest BCUT2D eigenvalue weighted by Crippen LogP contribution is 2.19. The molecule has 2 rings (SSSR count). The summed E-state index contributed by atoms with van der Waals surface area (Å²) in [6.07, 6.45) is 2.33. The van der Waals surface area contributed by atoms with E-state index < -0.39 is 11.7 Å². The normalized spacial score (nSPS) is 14.1. The summed E-state index contributed by atoms with van der Waals surface area (Å²) in [5.74, 6) is -0.603. The second kappa shape index (κ2) is 7.06. The van der Waals surface area contributed by atoms with Crippen LogP contribution in [0.5, 0.6) is 5.75 Å². The fraction of sp³-hybridized carbons (Fsp3) is 0.467. The maximum atomic E-state index is 13.2. The van der Waals surface area contributed by atoms with Gasteiger partial charge >= 0.3 is 0 Å². The molecule has 1 aliphatic heterocycles. The number of benzene rings is 1. The van der Waals surface area contributed by atoms with E-state index in [-0.39, 0.29) is 24.4 Å².